The van der Waals surface area contributed by atoms with E-state index < -0.39 is 0 Å². The van der Waals surface area contributed by atoms with Crippen LogP contribution in [0.4, 0.5) is 11.4 Å². The van der Waals surface area contributed by atoms with Crippen molar-refractivity contribution in [3.8, 4) is 0 Å². The van der Waals surface area contributed by atoms with Crippen LogP contribution in [-0.4, -0.2) is 5.91 Å². The molecule has 19 heavy (non-hydrogen) atoms. The Bertz CT molecular complexity index is 595. The molecule has 5 heteroatoms. The van der Waals surface area contributed by atoms with Crippen LogP contribution >= 0.6 is 22.9 Å². The van der Waals surface area contributed by atoms with Gasteiger partial charge in [0, 0.05) is 29.7 Å². The number of anilines is 2. The van der Waals surface area contributed by atoms with E-state index in [1.54, 1.807) is 11.3 Å². The third-order valence-corrected chi connectivity index (χ3v) is 3.87. The van der Waals surface area contributed by atoms with E-state index in [4.69, 9.17) is 11.6 Å². The van der Waals surface area contributed by atoms with Crippen molar-refractivity contribution in [2.45, 2.75) is 20.4 Å². The van der Waals surface area contributed by atoms with Gasteiger partial charge < -0.3 is 10.6 Å². The average Bonchev–Trinajstić information content (AvgIpc) is 2.75. The number of nitrogens with one attached hydrogen (secondary N) is 2. The van der Waals surface area contributed by atoms with Gasteiger partial charge in [0.05, 0.1) is 4.34 Å². The van der Waals surface area contributed by atoms with Gasteiger partial charge in [-0.3, -0.25) is 4.79 Å². The molecule has 0 aliphatic carbocycles. The van der Waals surface area contributed by atoms with Gasteiger partial charge in [0.15, 0.2) is 0 Å². The first-order valence-electron chi connectivity index (χ1n) is 5.91. The third-order valence-electron chi connectivity index (χ3n) is 2.64. The Morgan fingerprint density at radius 2 is 2.11 bits per heavy atom. The van der Waals surface area contributed by atoms with Gasteiger partial charge in [0.25, 0.3) is 0 Å². The van der Waals surface area contributed by atoms with Crippen LogP contribution in [-0.2, 0) is 11.3 Å². The molecule has 0 bridgehead atoms. The molecule has 2 aromatic rings. The normalized spacial score (nSPS) is 10.3. The zero-order valence-corrected chi connectivity index (χ0v) is 12.4. The van der Waals surface area contributed by atoms with Gasteiger partial charge in [-0.2, -0.15) is 0 Å². The molecular formula is C14H15ClN2OS. The second kappa shape index (κ2) is 6.08. The first kappa shape index (κ1) is 13.9. The number of benzene rings is 1. The molecule has 0 saturated heterocycles. The average molecular weight is 295 g/mol. The summed E-state index contributed by atoms with van der Waals surface area (Å²) in [6.45, 7) is 4.25. The molecule has 1 amide bonds. The largest absolute Gasteiger partial charge is 0.380 e. The van der Waals surface area contributed by atoms with Gasteiger partial charge in [-0.15, -0.1) is 11.3 Å². The lowest BCUT2D eigenvalue weighted by Crippen LogP contribution is -2.07. The minimum atomic E-state index is -0.0696. The quantitative estimate of drug-likeness (QED) is 0.883. The van der Waals surface area contributed by atoms with Crippen LogP contribution in [0.2, 0.25) is 4.34 Å². The maximum atomic E-state index is 11.0. The Morgan fingerprint density at radius 3 is 2.74 bits per heavy atom. The number of hydrogen-bond acceptors (Lipinski definition) is 3. The molecule has 1 aromatic heterocycles. The fraction of sp³-hybridized carbons (Fsp3) is 0.214. The van der Waals surface area contributed by atoms with Crippen LogP contribution in [0.3, 0.4) is 0 Å². The fourth-order valence-corrected chi connectivity index (χ4v) is 2.75. The highest BCUT2D eigenvalue weighted by Crippen LogP contribution is 2.24. The lowest BCUT2D eigenvalue weighted by Gasteiger charge is -2.11. The molecule has 0 spiro atoms. The van der Waals surface area contributed by atoms with Crippen molar-refractivity contribution in [1.82, 2.24) is 0 Å². The molecule has 0 radical (unpaired) electrons. The summed E-state index contributed by atoms with van der Waals surface area (Å²) in [5.74, 6) is -0.0696. The van der Waals surface area contributed by atoms with Crippen molar-refractivity contribution in [1.29, 1.82) is 0 Å². The zero-order valence-electron chi connectivity index (χ0n) is 10.8. The van der Waals surface area contributed by atoms with Crippen molar-refractivity contribution in [2.24, 2.45) is 0 Å². The molecule has 0 atom stereocenters. The molecule has 100 valence electrons. The second-order valence-corrected chi connectivity index (χ2v) is 6.07. The van der Waals surface area contributed by atoms with Crippen molar-refractivity contribution >= 4 is 40.2 Å². The third kappa shape index (κ3) is 3.98. The Kier molecular flexibility index (Phi) is 4.45. The minimum absolute atomic E-state index is 0.0696. The molecular weight excluding hydrogens is 280 g/mol. The number of amides is 1. The van der Waals surface area contributed by atoms with E-state index in [9.17, 15) is 4.79 Å². The molecule has 1 aromatic carbocycles. The number of carbonyl (C=O) groups excluding carboxylic acids is 1. The summed E-state index contributed by atoms with van der Waals surface area (Å²) in [5.41, 5.74) is 2.94. The topological polar surface area (TPSA) is 41.1 Å². The predicted octanol–water partition coefficient (Wildman–Crippen LogP) is 4.28. The van der Waals surface area contributed by atoms with E-state index in [1.165, 1.54) is 11.8 Å². The second-order valence-electron chi connectivity index (χ2n) is 4.27. The number of rotatable bonds is 4. The molecule has 0 fully saturated rings. The SMILES string of the molecule is CC(=O)Nc1ccc(C)c(NCc2ccc(Cl)s2)c1. The molecule has 0 aliphatic rings. The number of aryl methyl sites for hydroxylation is 1. The summed E-state index contributed by atoms with van der Waals surface area (Å²) < 4.78 is 0.792. The van der Waals surface area contributed by atoms with E-state index in [0.29, 0.717) is 0 Å². The summed E-state index contributed by atoms with van der Waals surface area (Å²) in [5, 5.41) is 6.13. The molecule has 0 saturated carbocycles. The first-order valence-corrected chi connectivity index (χ1v) is 7.10. The Hall–Kier alpha value is -1.52. The number of hydrogen-bond donors (Lipinski definition) is 2. The van der Waals surface area contributed by atoms with E-state index in [-0.39, 0.29) is 5.91 Å². The van der Waals surface area contributed by atoms with E-state index in [1.807, 2.05) is 37.3 Å². The minimum Gasteiger partial charge on any atom is -0.380 e. The van der Waals surface area contributed by atoms with Crippen molar-refractivity contribution in [2.75, 3.05) is 10.6 Å². The van der Waals surface area contributed by atoms with E-state index >= 15 is 0 Å². The first-order chi connectivity index (χ1) is 9.04. The summed E-state index contributed by atoms with van der Waals surface area (Å²) in [7, 11) is 0. The molecule has 3 nitrogen and oxygen atoms in total. The molecule has 0 aliphatic heterocycles. The predicted molar refractivity (Wildman–Crippen MR) is 82.1 cm³/mol. The van der Waals surface area contributed by atoms with E-state index in [2.05, 4.69) is 10.6 Å². The van der Waals surface area contributed by atoms with Crippen LogP contribution in [0.15, 0.2) is 30.3 Å². The van der Waals surface area contributed by atoms with Crippen LogP contribution in [0, 0.1) is 6.92 Å². The fourth-order valence-electron chi connectivity index (χ4n) is 1.72. The Balaban J connectivity index is 2.08. The highest BCUT2D eigenvalue weighted by atomic mass is 35.5. The van der Waals surface area contributed by atoms with Gasteiger partial charge in [-0.1, -0.05) is 17.7 Å². The summed E-state index contributed by atoms with van der Waals surface area (Å²) in [6.07, 6.45) is 0. The lowest BCUT2D eigenvalue weighted by molar-refractivity contribution is -0.114. The van der Waals surface area contributed by atoms with Crippen molar-refractivity contribution in [3.63, 3.8) is 0 Å². The maximum Gasteiger partial charge on any atom is 0.221 e. The molecule has 2 rings (SSSR count). The maximum absolute atomic E-state index is 11.0. The zero-order chi connectivity index (χ0) is 13.8. The number of carbonyl (C=O) groups is 1. The lowest BCUT2D eigenvalue weighted by atomic mass is 10.1. The molecule has 1 heterocycles. The van der Waals surface area contributed by atoms with Crippen LogP contribution < -0.4 is 10.6 Å². The van der Waals surface area contributed by atoms with E-state index in [0.717, 1.165) is 27.8 Å². The number of halogens is 1. The van der Waals surface area contributed by atoms with Crippen molar-refractivity contribution in [3.05, 3.63) is 45.1 Å². The smallest absolute Gasteiger partial charge is 0.221 e. The Labute approximate surface area is 121 Å². The Morgan fingerprint density at radius 1 is 1.32 bits per heavy atom. The highest BCUT2D eigenvalue weighted by Gasteiger charge is 2.03. The monoisotopic (exact) mass is 294 g/mol. The molecule has 2 N–H and O–H groups in total. The van der Waals surface area contributed by atoms with Crippen LogP contribution in [0.1, 0.15) is 17.4 Å². The molecule has 0 unspecified atom stereocenters. The van der Waals surface area contributed by atoms with Gasteiger partial charge in [0.2, 0.25) is 5.91 Å². The number of thiophene rings is 1. The summed E-state index contributed by atoms with van der Waals surface area (Å²) in [4.78, 5) is 12.2. The summed E-state index contributed by atoms with van der Waals surface area (Å²) in [6, 6.07) is 9.71. The standard InChI is InChI=1S/C14H15ClN2OS/c1-9-3-4-11(17-10(2)18)7-13(9)16-8-12-5-6-14(15)19-12/h3-7,16H,8H2,1-2H3,(H,17,18). The van der Waals surface area contributed by atoms with Crippen molar-refractivity contribution < 1.29 is 4.79 Å². The van der Waals surface area contributed by atoms with Crippen LogP contribution in [0.5, 0.6) is 0 Å². The van der Waals surface area contributed by atoms with Gasteiger partial charge in [-0.05, 0) is 36.8 Å². The van der Waals surface area contributed by atoms with Gasteiger partial charge >= 0.3 is 0 Å². The highest BCUT2D eigenvalue weighted by molar-refractivity contribution is 7.16. The van der Waals surface area contributed by atoms with Gasteiger partial charge in [0.1, 0.15) is 0 Å². The van der Waals surface area contributed by atoms with Crippen LogP contribution in [0.25, 0.3) is 0 Å². The summed E-state index contributed by atoms with van der Waals surface area (Å²) >= 11 is 7.46. The van der Waals surface area contributed by atoms with Gasteiger partial charge in [-0.25, -0.2) is 0 Å².